The Labute approximate surface area is 94.4 Å². The number of fused-ring (bicyclic) bond motifs is 1. The number of nitrogens with zero attached hydrogens (tertiary/aromatic N) is 1. The number of aromatic nitrogens is 1. The average molecular weight is 224 g/mol. The minimum absolute atomic E-state index is 0.644. The maximum absolute atomic E-state index is 5.99. The molecule has 80 valence electrons. The number of halogens is 1. The van der Waals surface area contributed by atoms with Gasteiger partial charge in [0.15, 0.2) is 0 Å². The zero-order valence-electron chi connectivity index (χ0n) is 8.96. The van der Waals surface area contributed by atoms with Crippen LogP contribution >= 0.6 is 11.6 Å². The lowest BCUT2D eigenvalue weighted by atomic mass is 10.2. The van der Waals surface area contributed by atoms with E-state index in [1.54, 1.807) is 7.11 Å². The van der Waals surface area contributed by atoms with E-state index < -0.39 is 0 Å². The molecule has 0 bridgehead atoms. The van der Waals surface area contributed by atoms with Gasteiger partial charge in [0.2, 0.25) is 0 Å². The van der Waals surface area contributed by atoms with Crippen LogP contribution in [0.1, 0.15) is 12.5 Å². The molecule has 2 rings (SSSR count). The molecule has 0 radical (unpaired) electrons. The first kappa shape index (κ1) is 10.5. The van der Waals surface area contributed by atoms with E-state index in [-0.39, 0.29) is 0 Å². The summed E-state index contributed by atoms with van der Waals surface area (Å²) in [5.41, 5.74) is 2.39. The van der Waals surface area contributed by atoms with E-state index in [4.69, 9.17) is 16.3 Å². The number of benzene rings is 1. The molecule has 2 nitrogen and oxygen atoms in total. The largest absolute Gasteiger partial charge is 0.380 e. The van der Waals surface area contributed by atoms with Gasteiger partial charge in [-0.05, 0) is 19.1 Å². The van der Waals surface area contributed by atoms with Crippen molar-refractivity contribution in [3.05, 3.63) is 35.0 Å². The van der Waals surface area contributed by atoms with Crippen LogP contribution in [0.4, 0.5) is 0 Å². The highest BCUT2D eigenvalue weighted by Crippen LogP contribution is 2.25. The smallest absolute Gasteiger partial charge is 0.0733 e. The van der Waals surface area contributed by atoms with Crippen molar-refractivity contribution in [2.75, 3.05) is 7.11 Å². The van der Waals surface area contributed by atoms with E-state index in [9.17, 15) is 0 Å². The van der Waals surface area contributed by atoms with Crippen molar-refractivity contribution in [2.45, 2.75) is 20.1 Å². The molecule has 2 aromatic rings. The summed E-state index contributed by atoms with van der Waals surface area (Å²) < 4.78 is 7.37. The molecule has 15 heavy (non-hydrogen) atoms. The minimum Gasteiger partial charge on any atom is -0.380 e. The van der Waals surface area contributed by atoms with Crippen LogP contribution in [0.15, 0.2) is 24.4 Å². The third kappa shape index (κ3) is 1.87. The molecule has 0 N–H and O–H groups in total. The van der Waals surface area contributed by atoms with Crippen molar-refractivity contribution in [1.82, 2.24) is 4.57 Å². The maximum Gasteiger partial charge on any atom is 0.0733 e. The molecule has 3 heteroatoms. The molecule has 1 heterocycles. The molecule has 0 spiro atoms. The Hall–Kier alpha value is -0.990. The first-order valence-electron chi connectivity index (χ1n) is 5.02. The van der Waals surface area contributed by atoms with Gasteiger partial charge in [-0.3, -0.25) is 0 Å². The molecule has 0 saturated carbocycles. The normalized spacial score (nSPS) is 11.1. The Kier molecular flexibility index (Phi) is 2.98. The van der Waals surface area contributed by atoms with Crippen molar-refractivity contribution < 1.29 is 4.74 Å². The van der Waals surface area contributed by atoms with Gasteiger partial charge in [-0.1, -0.05) is 17.7 Å². The first-order valence-corrected chi connectivity index (χ1v) is 5.40. The van der Waals surface area contributed by atoms with E-state index in [1.807, 2.05) is 12.1 Å². The standard InChI is InChI=1S/C12H14ClNO/c1-3-14-7-9(8-15-2)11-5-4-10(13)6-12(11)14/h4-7H,3,8H2,1-2H3. The van der Waals surface area contributed by atoms with Crippen molar-refractivity contribution in [3.63, 3.8) is 0 Å². The van der Waals surface area contributed by atoms with Crippen LogP contribution in [0, 0.1) is 0 Å². The number of aryl methyl sites for hydroxylation is 1. The van der Waals surface area contributed by atoms with Crippen LogP contribution in [0.2, 0.25) is 5.02 Å². The van der Waals surface area contributed by atoms with Gasteiger partial charge in [-0.2, -0.15) is 0 Å². The number of ether oxygens (including phenoxy) is 1. The van der Waals surface area contributed by atoms with Crippen LogP contribution in [0.5, 0.6) is 0 Å². The van der Waals surface area contributed by atoms with Crippen molar-refractivity contribution >= 4 is 22.5 Å². The van der Waals surface area contributed by atoms with Gasteiger partial charge in [-0.25, -0.2) is 0 Å². The summed E-state index contributed by atoms with van der Waals surface area (Å²) >= 11 is 5.99. The third-order valence-electron chi connectivity index (χ3n) is 2.57. The average Bonchev–Trinajstić information content (AvgIpc) is 2.56. The van der Waals surface area contributed by atoms with Gasteiger partial charge in [0.05, 0.1) is 6.61 Å². The molecule has 1 aromatic carbocycles. The fourth-order valence-electron chi connectivity index (χ4n) is 1.87. The van der Waals surface area contributed by atoms with Gasteiger partial charge in [-0.15, -0.1) is 0 Å². The van der Waals surface area contributed by atoms with E-state index in [1.165, 1.54) is 16.5 Å². The van der Waals surface area contributed by atoms with E-state index in [2.05, 4.69) is 23.8 Å². The molecule has 1 aromatic heterocycles. The third-order valence-corrected chi connectivity index (χ3v) is 2.80. The summed E-state index contributed by atoms with van der Waals surface area (Å²) in [6.45, 7) is 3.71. The molecular weight excluding hydrogens is 210 g/mol. The predicted molar refractivity (Wildman–Crippen MR) is 63.3 cm³/mol. The summed E-state index contributed by atoms with van der Waals surface area (Å²) in [5, 5.41) is 2.00. The molecule has 0 aliphatic carbocycles. The fourth-order valence-corrected chi connectivity index (χ4v) is 2.04. The lowest BCUT2D eigenvalue weighted by Gasteiger charge is -1.99. The summed E-state index contributed by atoms with van der Waals surface area (Å²) in [5.74, 6) is 0. The summed E-state index contributed by atoms with van der Waals surface area (Å²) in [4.78, 5) is 0. The number of hydrogen-bond donors (Lipinski definition) is 0. The molecule has 0 aliphatic heterocycles. The van der Waals surface area contributed by atoms with Crippen molar-refractivity contribution in [3.8, 4) is 0 Å². The van der Waals surface area contributed by atoms with Crippen LogP contribution in [-0.2, 0) is 17.9 Å². The lowest BCUT2D eigenvalue weighted by Crippen LogP contribution is -1.90. The first-order chi connectivity index (χ1) is 7.26. The monoisotopic (exact) mass is 223 g/mol. The Morgan fingerprint density at radius 2 is 2.20 bits per heavy atom. The highest BCUT2D eigenvalue weighted by molar-refractivity contribution is 6.31. The van der Waals surface area contributed by atoms with Gasteiger partial charge in [0.25, 0.3) is 0 Å². The molecular formula is C12H14ClNO. The Bertz CT molecular complexity index is 476. The zero-order chi connectivity index (χ0) is 10.8. The van der Waals surface area contributed by atoms with E-state index in [0.717, 1.165) is 11.6 Å². The summed E-state index contributed by atoms with van der Waals surface area (Å²) in [6, 6.07) is 5.97. The van der Waals surface area contributed by atoms with Gasteiger partial charge in [0.1, 0.15) is 0 Å². The van der Waals surface area contributed by atoms with E-state index in [0.29, 0.717) is 6.61 Å². The molecule has 0 saturated heterocycles. The molecule has 0 fully saturated rings. The molecule has 0 unspecified atom stereocenters. The minimum atomic E-state index is 0.644. The number of rotatable bonds is 3. The molecule has 0 aliphatic rings. The second-order valence-electron chi connectivity index (χ2n) is 3.53. The van der Waals surface area contributed by atoms with Gasteiger partial charge < -0.3 is 9.30 Å². The van der Waals surface area contributed by atoms with Crippen molar-refractivity contribution in [2.24, 2.45) is 0 Å². The summed E-state index contributed by atoms with van der Waals surface area (Å²) in [7, 11) is 1.71. The lowest BCUT2D eigenvalue weighted by molar-refractivity contribution is 0.186. The quantitative estimate of drug-likeness (QED) is 0.777. The van der Waals surface area contributed by atoms with E-state index >= 15 is 0 Å². The SMILES string of the molecule is CCn1cc(COC)c2ccc(Cl)cc21. The molecule has 0 atom stereocenters. The highest BCUT2D eigenvalue weighted by Gasteiger charge is 2.07. The maximum atomic E-state index is 5.99. The Balaban J connectivity index is 2.64. The van der Waals surface area contributed by atoms with Crippen LogP contribution in [0.25, 0.3) is 10.9 Å². The van der Waals surface area contributed by atoms with Crippen molar-refractivity contribution in [1.29, 1.82) is 0 Å². The van der Waals surface area contributed by atoms with Gasteiger partial charge >= 0.3 is 0 Å². The van der Waals surface area contributed by atoms with Crippen LogP contribution in [-0.4, -0.2) is 11.7 Å². The number of methoxy groups -OCH3 is 1. The Morgan fingerprint density at radius 3 is 2.87 bits per heavy atom. The molecule has 0 amide bonds. The predicted octanol–water partition coefficient (Wildman–Crippen LogP) is 3.46. The van der Waals surface area contributed by atoms with Crippen LogP contribution < -0.4 is 0 Å². The zero-order valence-corrected chi connectivity index (χ0v) is 9.71. The summed E-state index contributed by atoms with van der Waals surface area (Å²) in [6.07, 6.45) is 2.13. The topological polar surface area (TPSA) is 14.2 Å². The second-order valence-corrected chi connectivity index (χ2v) is 3.97. The highest BCUT2D eigenvalue weighted by atomic mass is 35.5. The Morgan fingerprint density at radius 1 is 1.40 bits per heavy atom. The number of hydrogen-bond acceptors (Lipinski definition) is 1. The van der Waals surface area contributed by atoms with Crippen LogP contribution in [0.3, 0.4) is 0 Å². The fraction of sp³-hybridized carbons (Fsp3) is 0.333. The van der Waals surface area contributed by atoms with Gasteiger partial charge in [0, 0.05) is 41.3 Å². The second kappa shape index (κ2) is 4.25.